The first-order valence-electron chi connectivity index (χ1n) is 16.9. The van der Waals surface area contributed by atoms with Crippen LogP contribution >= 0.6 is 0 Å². The number of hydrogen-bond donors (Lipinski definition) is 3. The van der Waals surface area contributed by atoms with Gasteiger partial charge in [-0.2, -0.15) is 0 Å². The summed E-state index contributed by atoms with van der Waals surface area (Å²) in [6.07, 6.45) is 0.226. The molecule has 2 amide bonds. The number of aryl methyl sites for hydroxylation is 1. The molecule has 0 bridgehead atoms. The van der Waals surface area contributed by atoms with Gasteiger partial charge in [0.25, 0.3) is 23.2 Å². The van der Waals surface area contributed by atoms with E-state index < -0.39 is 9.85 Å². The molecular formula is C42H33N5O6. The molecule has 0 spiro atoms. The van der Waals surface area contributed by atoms with Crippen molar-refractivity contribution in [3.63, 3.8) is 0 Å². The van der Waals surface area contributed by atoms with Crippen LogP contribution in [0.5, 0.6) is 0 Å². The van der Waals surface area contributed by atoms with E-state index in [1.165, 1.54) is 35.4 Å². The van der Waals surface area contributed by atoms with Crippen LogP contribution in [0.4, 0.5) is 17.1 Å². The number of anilines is 1. The molecule has 6 aromatic carbocycles. The molecule has 11 nitrogen and oxygen atoms in total. The number of carbonyl (C=O) groups is 2. The highest BCUT2D eigenvalue weighted by molar-refractivity contribution is 6.02. The first-order chi connectivity index (χ1) is 25.6. The maximum Gasteiger partial charge on any atom is 0.270 e. The van der Waals surface area contributed by atoms with Crippen LogP contribution < -0.4 is 16.0 Å². The lowest BCUT2D eigenvalue weighted by Gasteiger charge is -2.28. The lowest BCUT2D eigenvalue weighted by atomic mass is 9.90. The summed E-state index contributed by atoms with van der Waals surface area (Å²) in [5, 5.41) is 30.8. The van der Waals surface area contributed by atoms with Crippen molar-refractivity contribution in [1.29, 1.82) is 0 Å². The number of nitro groups is 2. The predicted octanol–water partition coefficient (Wildman–Crippen LogP) is 8.71. The highest BCUT2D eigenvalue weighted by Gasteiger charge is 2.28. The average Bonchev–Trinajstić information content (AvgIpc) is 3.18. The van der Waals surface area contributed by atoms with Gasteiger partial charge in [-0.15, -0.1) is 0 Å². The van der Waals surface area contributed by atoms with Crippen molar-refractivity contribution >= 4 is 28.9 Å². The Bertz CT molecular complexity index is 2360. The molecule has 6 aromatic rings. The first kappa shape index (κ1) is 34.3. The van der Waals surface area contributed by atoms with Crippen LogP contribution in [0.2, 0.25) is 0 Å². The molecular weight excluding hydrogens is 670 g/mol. The Balaban J connectivity index is 0.000000164. The van der Waals surface area contributed by atoms with Gasteiger partial charge in [-0.05, 0) is 63.9 Å². The van der Waals surface area contributed by atoms with Gasteiger partial charge in [-0.3, -0.25) is 29.8 Å². The zero-order valence-corrected chi connectivity index (χ0v) is 28.5. The zero-order chi connectivity index (χ0) is 37.1. The van der Waals surface area contributed by atoms with E-state index in [-0.39, 0.29) is 41.0 Å². The van der Waals surface area contributed by atoms with Crippen molar-refractivity contribution in [2.75, 3.05) is 5.32 Å². The first-order valence-corrected chi connectivity index (χ1v) is 16.9. The van der Waals surface area contributed by atoms with Gasteiger partial charge >= 0.3 is 0 Å². The van der Waals surface area contributed by atoms with Gasteiger partial charge in [0.15, 0.2) is 0 Å². The zero-order valence-electron chi connectivity index (χ0n) is 28.5. The summed E-state index contributed by atoms with van der Waals surface area (Å²) in [6, 6.07) is 42.9. The largest absolute Gasteiger partial charge is 0.361 e. The summed E-state index contributed by atoms with van der Waals surface area (Å²) in [4.78, 5) is 45.6. The monoisotopic (exact) mass is 703 g/mol. The predicted molar refractivity (Wildman–Crippen MR) is 202 cm³/mol. The summed E-state index contributed by atoms with van der Waals surface area (Å²) >= 11 is 0. The summed E-state index contributed by atoms with van der Waals surface area (Å²) in [6.45, 7) is 2.08. The standard InChI is InChI=1S/C22H18N2O3.C20H15N3O3/c1-14-4-2-3-5-19(14)15-6-8-16(9-7-15)21-12-17-10-11-18(24(26)27)13-20(17)22(25)23-21;24-20-17-12-16(23(25)26)10-11-18(17)21-19(22-20)15-8-6-14(7-9-15)13-4-2-1-3-5-13/h2-11,13,21H,12H2,1H3,(H,23,25);1-12,19,21H,(H,22,24). The fraction of sp³-hybridized carbons (Fsp3) is 0.0952. The average molecular weight is 704 g/mol. The Morgan fingerprint density at radius 1 is 0.547 bits per heavy atom. The van der Waals surface area contributed by atoms with E-state index in [0.717, 1.165) is 33.4 Å². The second-order valence-corrected chi connectivity index (χ2v) is 12.8. The maximum absolute atomic E-state index is 12.4. The smallest absolute Gasteiger partial charge is 0.270 e. The van der Waals surface area contributed by atoms with Crippen molar-refractivity contribution < 1.29 is 19.4 Å². The van der Waals surface area contributed by atoms with Gasteiger partial charge in [0.2, 0.25) is 0 Å². The van der Waals surface area contributed by atoms with E-state index >= 15 is 0 Å². The summed E-state index contributed by atoms with van der Waals surface area (Å²) in [5.74, 6) is -0.604. The van der Waals surface area contributed by atoms with E-state index in [9.17, 15) is 29.8 Å². The second kappa shape index (κ2) is 14.6. The molecule has 8 rings (SSSR count). The lowest BCUT2D eigenvalue weighted by molar-refractivity contribution is -0.385. The Kier molecular flexibility index (Phi) is 9.46. The quantitative estimate of drug-likeness (QED) is 0.116. The van der Waals surface area contributed by atoms with Gasteiger partial charge in [0.05, 0.1) is 21.5 Å². The summed E-state index contributed by atoms with van der Waals surface area (Å²) in [7, 11) is 0. The topological polar surface area (TPSA) is 157 Å². The number of fused-ring (bicyclic) bond motifs is 2. The molecule has 3 N–H and O–H groups in total. The third-order valence-corrected chi connectivity index (χ3v) is 9.43. The van der Waals surface area contributed by atoms with Gasteiger partial charge in [-0.25, -0.2) is 0 Å². The number of carbonyl (C=O) groups excluding carboxylic acids is 2. The van der Waals surface area contributed by atoms with Gasteiger partial charge in [0, 0.05) is 35.5 Å². The molecule has 0 aromatic heterocycles. The maximum atomic E-state index is 12.4. The number of non-ortho nitro benzene ring substituents is 2. The Hall–Kier alpha value is -7.14. The number of nitrogens with zero attached hydrogens (tertiary/aromatic N) is 2. The van der Waals surface area contributed by atoms with Crippen molar-refractivity contribution in [3.8, 4) is 22.3 Å². The molecule has 11 heteroatoms. The van der Waals surface area contributed by atoms with Crippen molar-refractivity contribution in [1.82, 2.24) is 10.6 Å². The minimum Gasteiger partial charge on any atom is -0.361 e. The molecule has 2 unspecified atom stereocenters. The van der Waals surface area contributed by atoms with Crippen molar-refractivity contribution in [2.24, 2.45) is 0 Å². The van der Waals surface area contributed by atoms with Crippen LogP contribution in [0.1, 0.15) is 55.2 Å². The van der Waals surface area contributed by atoms with E-state index in [4.69, 9.17) is 0 Å². The number of hydrogen-bond acceptors (Lipinski definition) is 7. The molecule has 0 saturated carbocycles. The number of nitrogens with one attached hydrogen (secondary N) is 3. The normalized spacial score (nSPS) is 15.6. The van der Waals surface area contributed by atoms with Gasteiger partial charge in [-0.1, -0.05) is 109 Å². The molecule has 0 radical (unpaired) electrons. The third-order valence-electron chi connectivity index (χ3n) is 9.43. The molecule has 0 fully saturated rings. The Morgan fingerprint density at radius 2 is 1.11 bits per heavy atom. The van der Waals surface area contributed by atoms with Crippen LogP contribution in [0.3, 0.4) is 0 Å². The van der Waals surface area contributed by atoms with Crippen molar-refractivity contribution in [2.45, 2.75) is 25.6 Å². The molecule has 0 saturated heterocycles. The lowest BCUT2D eigenvalue weighted by Crippen LogP contribution is -2.38. The Labute approximate surface area is 304 Å². The highest BCUT2D eigenvalue weighted by atomic mass is 16.6. The second-order valence-electron chi connectivity index (χ2n) is 12.8. The number of nitro benzene ring substituents is 2. The highest BCUT2D eigenvalue weighted by Crippen LogP contribution is 2.32. The van der Waals surface area contributed by atoms with E-state index in [0.29, 0.717) is 17.7 Å². The van der Waals surface area contributed by atoms with Crippen LogP contribution in [-0.2, 0) is 6.42 Å². The summed E-state index contributed by atoms with van der Waals surface area (Å²) in [5.41, 5.74) is 9.58. The van der Waals surface area contributed by atoms with Crippen molar-refractivity contribution in [3.05, 3.63) is 193 Å². The van der Waals surface area contributed by atoms with Gasteiger partial charge < -0.3 is 16.0 Å². The SMILES string of the molecule is Cc1ccccc1-c1ccc(C2Cc3ccc([N+](=O)[O-])cc3C(=O)N2)cc1.O=C1NC(c2ccc(-c3ccccc3)cc2)Nc2ccc([N+](=O)[O-])cc21. The molecule has 2 atom stereocenters. The van der Waals surface area contributed by atoms with E-state index in [2.05, 4.69) is 47.1 Å². The molecule has 2 aliphatic rings. The molecule has 0 aliphatic carbocycles. The molecule has 2 heterocycles. The molecule has 2 aliphatic heterocycles. The number of rotatable bonds is 6. The minimum absolute atomic E-state index is 0.0649. The fourth-order valence-corrected chi connectivity index (χ4v) is 6.59. The minimum atomic E-state index is -0.512. The third kappa shape index (κ3) is 7.35. The van der Waals surface area contributed by atoms with Crippen LogP contribution in [0, 0.1) is 27.2 Å². The van der Waals surface area contributed by atoms with Crippen LogP contribution in [0.15, 0.2) is 140 Å². The fourth-order valence-electron chi connectivity index (χ4n) is 6.59. The van der Waals surface area contributed by atoms with Crippen LogP contribution in [0.25, 0.3) is 22.3 Å². The number of benzene rings is 6. The molecule has 262 valence electrons. The van der Waals surface area contributed by atoms with E-state index in [1.54, 1.807) is 12.1 Å². The number of amides is 2. The van der Waals surface area contributed by atoms with Crippen LogP contribution in [-0.4, -0.2) is 21.7 Å². The summed E-state index contributed by atoms with van der Waals surface area (Å²) < 4.78 is 0. The molecule has 53 heavy (non-hydrogen) atoms. The van der Waals surface area contributed by atoms with E-state index in [1.807, 2.05) is 78.9 Å². The van der Waals surface area contributed by atoms with Gasteiger partial charge in [0.1, 0.15) is 6.17 Å². The Morgan fingerprint density at radius 3 is 1.79 bits per heavy atom.